The Bertz CT molecular complexity index is 157. The van der Waals surface area contributed by atoms with Gasteiger partial charge in [0.1, 0.15) is 0 Å². The molecule has 0 fully saturated rings. The van der Waals surface area contributed by atoms with Crippen molar-refractivity contribution < 1.29 is 0 Å². The average molecular weight is 120 g/mol. The van der Waals surface area contributed by atoms with Gasteiger partial charge < -0.3 is 0 Å². The van der Waals surface area contributed by atoms with Crippen molar-refractivity contribution in [3.05, 3.63) is 11.6 Å². The summed E-state index contributed by atoms with van der Waals surface area (Å²) >= 11 is 0. The Balaban J connectivity index is 2.32. The molecule has 1 atom stereocenters. The van der Waals surface area contributed by atoms with E-state index in [0.29, 0.717) is 5.92 Å². The van der Waals surface area contributed by atoms with Crippen molar-refractivity contribution in [1.29, 1.82) is 0 Å². The fraction of sp³-hybridized carbons (Fsp3) is 0.556. The third-order valence-corrected chi connectivity index (χ3v) is 1.67. The third kappa shape index (κ3) is 1.61. The zero-order valence-electron chi connectivity index (χ0n) is 5.85. The van der Waals surface area contributed by atoms with Crippen LogP contribution in [-0.2, 0) is 0 Å². The van der Waals surface area contributed by atoms with E-state index in [9.17, 15) is 0 Å². The van der Waals surface area contributed by atoms with E-state index in [0.717, 1.165) is 0 Å². The fourth-order valence-corrected chi connectivity index (χ4v) is 1.01. The summed E-state index contributed by atoms with van der Waals surface area (Å²) in [5.41, 5.74) is 1.49. The molecule has 0 aromatic rings. The van der Waals surface area contributed by atoms with Gasteiger partial charge in [0, 0.05) is 5.92 Å². The van der Waals surface area contributed by atoms with Crippen molar-refractivity contribution in [2.45, 2.75) is 26.2 Å². The van der Waals surface area contributed by atoms with Gasteiger partial charge in [-0.05, 0) is 12.8 Å². The van der Waals surface area contributed by atoms with Gasteiger partial charge in [-0.2, -0.15) is 0 Å². The van der Waals surface area contributed by atoms with Crippen molar-refractivity contribution >= 4 is 0 Å². The molecule has 1 rings (SSSR count). The first-order chi connectivity index (χ1) is 4.38. The molecule has 0 heteroatoms. The predicted octanol–water partition coefficient (Wildman–Crippen LogP) is 2.37. The maximum absolute atomic E-state index is 5.31. The Labute approximate surface area is 57.0 Å². The van der Waals surface area contributed by atoms with Gasteiger partial charge in [-0.3, -0.25) is 0 Å². The van der Waals surface area contributed by atoms with Crippen LogP contribution in [0.3, 0.4) is 0 Å². The Morgan fingerprint density at radius 1 is 1.89 bits per heavy atom. The summed E-state index contributed by atoms with van der Waals surface area (Å²) in [5.74, 6) is 3.26. The Kier molecular flexibility index (Phi) is 1.95. The Hall–Kier alpha value is -0.700. The summed E-state index contributed by atoms with van der Waals surface area (Å²) in [6, 6.07) is 0. The molecule has 0 aromatic carbocycles. The smallest absolute Gasteiger partial charge is 0.0412 e. The second kappa shape index (κ2) is 2.73. The summed E-state index contributed by atoms with van der Waals surface area (Å²) in [6.45, 7) is 2.17. The molecular formula is C9H12. The van der Waals surface area contributed by atoms with Crippen LogP contribution in [0.25, 0.3) is 0 Å². The van der Waals surface area contributed by atoms with E-state index in [1.54, 1.807) is 0 Å². The second-order valence-electron chi connectivity index (χ2n) is 2.49. The van der Waals surface area contributed by atoms with Gasteiger partial charge in [0.2, 0.25) is 0 Å². The van der Waals surface area contributed by atoms with E-state index in [4.69, 9.17) is 6.42 Å². The average Bonchev–Trinajstić information content (AvgIpc) is 2.64. The largest absolute Gasteiger partial charge is 0.119 e. The number of rotatable bonds is 3. The van der Waals surface area contributed by atoms with Crippen LogP contribution in [0.2, 0.25) is 0 Å². The molecule has 1 aliphatic carbocycles. The molecule has 0 nitrogen and oxygen atoms in total. The van der Waals surface area contributed by atoms with Gasteiger partial charge >= 0.3 is 0 Å². The topological polar surface area (TPSA) is 0 Å². The zero-order valence-corrected chi connectivity index (χ0v) is 5.85. The molecule has 0 aromatic heterocycles. The highest BCUT2D eigenvalue weighted by Gasteiger charge is 2.16. The molecule has 0 aliphatic heterocycles. The quantitative estimate of drug-likeness (QED) is 0.396. The van der Waals surface area contributed by atoms with Crippen LogP contribution < -0.4 is 0 Å². The normalized spacial score (nSPS) is 18.0. The van der Waals surface area contributed by atoms with Gasteiger partial charge in [0.15, 0.2) is 0 Å². The molecule has 0 saturated carbocycles. The molecule has 0 N–H and O–H groups in total. The monoisotopic (exact) mass is 120 g/mol. The maximum Gasteiger partial charge on any atom is 0.0412 e. The lowest BCUT2D eigenvalue weighted by atomic mass is 10.0. The van der Waals surface area contributed by atoms with Gasteiger partial charge in [-0.25, -0.2) is 0 Å². The minimum absolute atomic E-state index is 0.468. The molecule has 0 radical (unpaired) electrons. The van der Waals surface area contributed by atoms with Gasteiger partial charge in [-0.15, -0.1) is 6.42 Å². The van der Waals surface area contributed by atoms with Gasteiger partial charge in [-0.1, -0.05) is 30.9 Å². The number of terminal acetylenes is 1. The van der Waals surface area contributed by atoms with Crippen molar-refractivity contribution in [1.82, 2.24) is 0 Å². The van der Waals surface area contributed by atoms with Crippen molar-refractivity contribution in [2.24, 2.45) is 5.92 Å². The molecule has 0 heterocycles. The molecule has 1 unspecified atom stereocenters. The highest BCUT2D eigenvalue weighted by molar-refractivity contribution is 5.30. The minimum Gasteiger partial charge on any atom is -0.119 e. The van der Waals surface area contributed by atoms with Gasteiger partial charge in [0.25, 0.3) is 0 Å². The lowest BCUT2D eigenvalue weighted by Gasteiger charge is -2.01. The van der Waals surface area contributed by atoms with Crippen LogP contribution in [-0.4, -0.2) is 0 Å². The standard InChI is InChI=1S/C9H12/c1-3-5-8(4-2)9-6-7-9/h2,6,8H,3,5,7H2,1H3. The molecular weight excluding hydrogens is 108 g/mol. The van der Waals surface area contributed by atoms with Crippen molar-refractivity contribution in [2.75, 3.05) is 0 Å². The molecule has 0 saturated heterocycles. The summed E-state index contributed by atoms with van der Waals surface area (Å²) in [5, 5.41) is 0. The van der Waals surface area contributed by atoms with Gasteiger partial charge in [0.05, 0.1) is 0 Å². The van der Waals surface area contributed by atoms with Crippen LogP contribution in [0, 0.1) is 18.3 Å². The predicted molar refractivity (Wildman–Crippen MR) is 39.9 cm³/mol. The molecule has 48 valence electrons. The highest BCUT2D eigenvalue weighted by Crippen LogP contribution is 2.29. The van der Waals surface area contributed by atoms with E-state index in [-0.39, 0.29) is 0 Å². The van der Waals surface area contributed by atoms with Crippen molar-refractivity contribution in [3.63, 3.8) is 0 Å². The first kappa shape index (κ1) is 6.42. The molecule has 0 spiro atoms. The lowest BCUT2D eigenvalue weighted by molar-refractivity contribution is 0.690. The van der Waals surface area contributed by atoms with Crippen LogP contribution >= 0.6 is 0 Å². The Morgan fingerprint density at radius 2 is 2.56 bits per heavy atom. The summed E-state index contributed by atoms with van der Waals surface area (Å²) < 4.78 is 0. The van der Waals surface area contributed by atoms with Crippen LogP contribution in [0.5, 0.6) is 0 Å². The number of hydrogen-bond donors (Lipinski definition) is 0. The molecule has 0 amide bonds. The van der Waals surface area contributed by atoms with E-state index >= 15 is 0 Å². The fourth-order valence-electron chi connectivity index (χ4n) is 1.01. The second-order valence-corrected chi connectivity index (χ2v) is 2.49. The summed E-state index contributed by atoms with van der Waals surface area (Å²) in [6.07, 6.45) is 11.1. The van der Waals surface area contributed by atoms with E-state index < -0.39 is 0 Å². The minimum atomic E-state index is 0.468. The van der Waals surface area contributed by atoms with Crippen molar-refractivity contribution in [3.8, 4) is 12.3 Å². The maximum atomic E-state index is 5.31. The SMILES string of the molecule is C#CC(CCC)C1=CC1. The molecule has 9 heavy (non-hydrogen) atoms. The molecule has 1 aliphatic rings. The van der Waals surface area contributed by atoms with E-state index in [2.05, 4.69) is 18.9 Å². The Morgan fingerprint density at radius 3 is 2.89 bits per heavy atom. The van der Waals surface area contributed by atoms with Crippen LogP contribution in [0.15, 0.2) is 11.6 Å². The number of hydrogen-bond acceptors (Lipinski definition) is 0. The highest BCUT2D eigenvalue weighted by atomic mass is 14.2. The van der Waals surface area contributed by atoms with E-state index in [1.807, 2.05) is 0 Å². The third-order valence-electron chi connectivity index (χ3n) is 1.67. The summed E-state index contributed by atoms with van der Waals surface area (Å²) in [4.78, 5) is 0. The van der Waals surface area contributed by atoms with Crippen LogP contribution in [0.4, 0.5) is 0 Å². The first-order valence-corrected chi connectivity index (χ1v) is 3.53. The zero-order chi connectivity index (χ0) is 6.69. The summed E-state index contributed by atoms with van der Waals surface area (Å²) in [7, 11) is 0. The molecule has 0 bridgehead atoms. The van der Waals surface area contributed by atoms with E-state index in [1.165, 1.54) is 24.8 Å². The van der Waals surface area contributed by atoms with Crippen LogP contribution in [0.1, 0.15) is 26.2 Å². The lowest BCUT2D eigenvalue weighted by Crippen LogP contribution is -1.92. The first-order valence-electron chi connectivity index (χ1n) is 3.53. The number of allylic oxidation sites excluding steroid dienone is 2.